The zero-order chi connectivity index (χ0) is 12.4. The molecule has 17 heavy (non-hydrogen) atoms. The number of thiophene rings is 1. The van der Waals surface area contributed by atoms with Crippen LogP contribution in [0.1, 0.15) is 16.5 Å². The highest BCUT2D eigenvalue weighted by Gasteiger charge is 2.12. The van der Waals surface area contributed by atoms with E-state index in [0.29, 0.717) is 0 Å². The molecule has 2 aromatic rings. The van der Waals surface area contributed by atoms with Crippen LogP contribution in [0.3, 0.4) is 0 Å². The molecule has 0 saturated heterocycles. The third kappa shape index (κ3) is 3.55. The number of rotatable bonds is 3. The standard InChI is InChI=1S/C12H10Br2ClNS/c13-9-6-11(17-12(9)14)10(16)5-7-1-3-8(15)4-2-7/h1-4,6,10H,5,16H2. The molecule has 2 N–H and O–H groups in total. The minimum atomic E-state index is 0.0174. The Morgan fingerprint density at radius 3 is 2.41 bits per heavy atom. The summed E-state index contributed by atoms with van der Waals surface area (Å²) in [5, 5.41) is 0.754. The maximum absolute atomic E-state index is 6.18. The molecule has 0 aliphatic heterocycles. The van der Waals surface area contributed by atoms with Crippen LogP contribution in [-0.2, 0) is 6.42 Å². The molecule has 1 aromatic carbocycles. The van der Waals surface area contributed by atoms with Crippen LogP contribution in [-0.4, -0.2) is 0 Å². The van der Waals surface area contributed by atoms with Crippen molar-refractivity contribution in [3.05, 3.63) is 54.1 Å². The lowest BCUT2D eigenvalue weighted by Crippen LogP contribution is -2.11. The van der Waals surface area contributed by atoms with Crippen LogP contribution >= 0.6 is 54.8 Å². The van der Waals surface area contributed by atoms with E-state index in [-0.39, 0.29) is 6.04 Å². The molecular weight excluding hydrogens is 385 g/mol. The molecule has 0 spiro atoms. The smallest absolute Gasteiger partial charge is 0.0843 e. The molecule has 0 aliphatic rings. The van der Waals surface area contributed by atoms with Gasteiger partial charge in [-0.15, -0.1) is 11.3 Å². The van der Waals surface area contributed by atoms with Crippen LogP contribution in [0.25, 0.3) is 0 Å². The van der Waals surface area contributed by atoms with Gasteiger partial charge >= 0.3 is 0 Å². The number of nitrogens with two attached hydrogens (primary N) is 1. The molecule has 0 amide bonds. The third-order valence-corrected chi connectivity index (χ3v) is 6.04. The van der Waals surface area contributed by atoms with Crippen LogP contribution < -0.4 is 5.73 Å². The summed E-state index contributed by atoms with van der Waals surface area (Å²) in [5.74, 6) is 0. The molecule has 1 atom stereocenters. The molecule has 1 aromatic heterocycles. The summed E-state index contributed by atoms with van der Waals surface area (Å²) in [5.41, 5.74) is 7.38. The number of halogens is 3. The van der Waals surface area contributed by atoms with Gasteiger partial charge in [0.2, 0.25) is 0 Å². The molecule has 1 heterocycles. The molecule has 0 radical (unpaired) electrons. The normalized spacial score (nSPS) is 12.7. The van der Waals surface area contributed by atoms with Crippen molar-refractivity contribution in [2.24, 2.45) is 5.73 Å². The Labute approximate surface area is 126 Å². The predicted molar refractivity (Wildman–Crippen MR) is 81.8 cm³/mol. The summed E-state index contributed by atoms with van der Waals surface area (Å²) in [6.45, 7) is 0. The number of hydrogen-bond donors (Lipinski definition) is 1. The van der Waals surface area contributed by atoms with Gasteiger partial charge in [0.1, 0.15) is 0 Å². The monoisotopic (exact) mass is 393 g/mol. The summed E-state index contributed by atoms with van der Waals surface area (Å²) in [7, 11) is 0. The highest BCUT2D eigenvalue weighted by atomic mass is 79.9. The Morgan fingerprint density at radius 1 is 1.24 bits per heavy atom. The first-order valence-electron chi connectivity index (χ1n) is 5.01. The van der Waals surface area contributed by atoms with E-state index in [1.807, 2.05) is 24.3 Å². The quantitative estimate of drug-likeness (QED) is 0.762. The minimum absolute atomic E-state index is 0.0174. The predicted octanol–water partition coefficient (Wildman–Crippen LogP) is 5.17. The summed E-state index contributed by atoms with van der Waals surface area (Å²) >= 11 is 14.5. The zero-order valence-corrected chi connectivity index (χ0v) is 13.5. The fraction of sp³-hybridized carbons (Fsp3) is 0.167. The van der Waals surface area contributed by atoms with Crippen LogP contribution in [0.4, 0.5) is 0 Å². The fourth-order valence-electron chi connectivity index (χ4n) is 1.52. The van der Waals surface area contributed by atoms with Gasteiger partial charge in [-0.3, -0.25) is 0 Å². The second kappa shape index (κ2) is 5.85. The summed E-state index contributed by atoms with van der Waals surface area (Å²) in [6.07, 6.45) is 0.816. The van der Waals surface area contributed by atoms with Gasteiger partial charge in [-0.2, -0.15) is 0 Å². The largest absolute Gasteiger partial charge is 0.323 e. The van der Waals surface area contributed by atoms with E-state index < -0.39 is 0 Å². The van der Waals surface area contributed by atoms with Gasteiger partial charge < -0.3 is 5.73 Å². The highest BCUT2D eigenvalue weighted by Crippen LogP contribution is 2.35. The Morgan fingerprint density at radius 2 is 1.88 bits per heavy atom. The summed E-state index contributed by atoms with van der Waals surface area (Å²) < 4.78 is 2.14. The fourth-order valence-corrected chi connectivity index (χ4v) is 3.74. The van der Waals surface area contributed by atoms with Crippen molar-refractivity contribution in [3.8, 4) is 0 Å². The molecule has 0 bridgehead atoms. The first-order valence-corrected chi connectivity index (χ1v) is 7.79. The van der Waals surface area contributed by atoms with Gasteiger partial charge in [-0.25, -0.2) is 0 Å². The molecule has 0 saturated carbocycles. The average molecular weight is 396 g/mol. The molecule has 0 fully saturated rings. The molecule has 1 unspecified atom stereocenters. The van der Waals surface area contributed by atoms with E-state index in [9.17, 15) is 0 Å². The van der Waals surface area contributed by atoms with Crippen molar-refractivity contribution in [1.82, 2.24) is 0 Å². The Balaban J connectivity index is 2.11. The van der Waals surface area contributed by atoms with E-state index >= 15 is 0 Å². The van der Waals surface area contributed by atoms with Crippen LogP contribution in [0.5, 0.6) is 0 Å². The van der Waals surface area contributed by atoms with E-state index in [1.54, 1.807) is 11.3 Å². The molecule has 5 heteroatoms. The van der Waals surface area contributed by atoms with Crippen LogP contribution in [0.15, 0.2) is 38.6 Å². The Hall–Kier alpha value is 0.130. The van der Waals surface area contributed by atoms with Crippen LogP contribution in [0, 0.1) is 0 Å². The van der Waals surface area contributed by atoms with Gasteiger partial charge in [-0.1, -0.05) is 23.7 Å². The van der Waals surface area contributed by atoms with Crippen molar-refractivity contribution in [1.29, 1.82) is 0 Å². The van der Waals surface area contributed by atoms with Crippen molar-refractivity contribution < 1.29 is 0 Å². The lowest BCUT2D eigenvalue weighted by molar-refractivity contribution is 0.736. The van der Waals surface area contributed by atoms with Crippen LogP contribution in [0.2, 0.25) is 5.02 Å². The van der Waals surface area contributed by atoms with Gasteiger partial charge in [0.05, 0.1) is 3.79 Å². The second-order valence-electron chi connectivity index (χ2n) is 3.71. The van der Waals surface area contributed by atoms with E-state index in [4.69, 9.17) is 17.3 Å². The molecule has 90 valence electrons. The lowest BCUT2D eigenvalue weighted by atomic mass is 10.1. The van der Waals surface area contributed by atoms with Crippen molar-refractivity contribution in [2.45, 2.75) is 12.5 Å². The molecule has 2 rings (SSSR count). The first kappa shape index (κ1) is 13.6. The zero-order valence-electron chi connectivity index (χ0n) is 8.79. The third-order valence-electron chi connectivity index (χ3n) is 2.40. The van der Waals surface area contributed by atoms with Crippen molar-refractivity contribution >= 4 is 54.8 Å². The van der Waals surface area contributed by atoms with Crippen molar-refractivity contribution in [3.63, 3.8) is 0 Å². The topological polar surface area (TPSA) is 26.0 Å². The maximum Gasteiger partial charge on any atom is 0.0843 e. The summed E-state index contributed by atoms with van der Waals surface area (Å²) in [4.78, 5) is 1.17. The number of benzene rings is 1. The summed E-state index contributed by atoms with van der Waals surface area (Å²) in [6, 6.07) is 9.90. The maximum atomic E-state index is 6.18. The Bertz CT molecular complexity index is 490. The van der Waals surface area contributed by atoms with E-state index in [2.05, 4.69) is 37.9 Å². The number of hydrogen-bond acceptors (Lipinski definition) is 2. The highest BCUT2D eigenvalue weighted by molar-refractivity contribution is 9.13. The van der Waals surface area contributed by atoms with Gasteiger partial charge in [0.15, 0.2) is 0 Å². The van der Waals surface area contributed by atoms with Gasteiger partial charge in [-0.05, 0) is 62.0 Å². The van der Waals surface area contributed by atoms with E-state index in [1.165, 1.54) is 10.4 Å². The van der Waals surface area contributed by atoms with E-state index in [0.717, 1.165) is 19.7 Å². The molecular formula is C12H10Br2ClNS. The first-order chi connectivity index (χ1) is 8.06. The average Bonchev–Trinajstić information content (AvgIpc) is 2.63. The molecule has 1 nitrogen and oxygen atoms in total. The van der Waals surface area contributed by atoms with Gasteiger partial charge in [0.25, 0.3) is 0 Å². The van der Waals surface area contributed by atoms with Crippen molar-refractivity contribution in [2.75, 3.05) is 0 Å². The molecule has 0 aliphatic carbocycles. The lowest BCUT2D eigenvalue weighted by Gasteiger charge is -2.09. The van der Waals surface area contributed by atoms with Gasteiger partial charge in [0, 0.05) is 20.4 Å². The minimum Gasteiger partial charge on any atom is -0.323 e. The second-order valence-corrected chi connectivity index (χ2v) is 7.40. The SMILES string of the molecule is NC(Cc1ccc(Cl)cc1)c1cc(Br)c(Br)s1. The Kier molecular flexibility index (Phi) is 4.66.